The Balaban J connectivity index is 2.96. The summed E-state index contributed by atoms with van der Waals surface area (Å²) >= 11 is 0. The minimum absolute atomic E-state index is 0.0477. The van der Waals surface area contributed by atoms with Crippen LogP contribution in [0.25, 0.3) is 0 Å². The van der Waals surface area contributed by atoms with E-state index in [4.69, 9.17) is 9.47 Å². The van der Waals surface area contributed by atoms with E-state index in [1.807, 2.05) is 0 Å². The third-order valence-electron chi connectivity index (χ3n) is 1.48. The Morgan fingerprint density at radius 2 is 1.86 bits per heavy atom. The van der Waals surface area contributed by atoms with Crippen LogP contribution in [-0.4, -0.2) is 44.8 Å². The molecular weight excluding hydrogens is 182 g/mol. The Hall–Kier alpha value is -0.450. The maximum absolute atomic E-state index is 10.5. The van der Waals surface area contributed by atoms with Crippen molar-refractivity contribution in [2.75, 3.05) is 33.0 Å². The zero-order valence-corrected chi connectivity index (χ0v) is 9.34. The highest BCUT2D eigenvalue weighted by atomic mass is 16.5. The first-order valence-electron chi connectivity index (χ1n) is 5.01. The number of carbonyl (C=O) groups excluding carboxylic acids is 1. The molecule has 0 aliphatic carbocycles. The van der Waals surface area contributed by atoms with Crippen molar-refractivity contribution in [3.05, 3.63) is 0 Å². The van der Waals surface area contributed by atoms with E-state index >= 15 is 0 Å². The second-order valence-electron chi connectivity index (χ2n) is 3.48. The van der Waals surface area contributed by atoms with E-state index in [9.17, 15) is 4.79 Å². The van der Waals surface area contributed by atoms with Gasteiger partial charge in [-0.1, -0.05) is 13.8 Å². The smallest absolute Gasteiger partial charge is 0.155 e. The van der Waals surface area contributed by atoms with Gasteiger partial charge in [-0.15, -0.1) is 0 Å². The number of ether oxygens (including phenoxy) is 2. The molecule has 84 valence electrons. The van der Waals surface area contributed by atoms with E-state index in [2.05, 4.69) is 19.2 Å². The minimum atomic E-state index is 0.0477. The van der Waals surface area contributed by atoms with Gasteiger partial charge in [0.05, 0.1) is 19.8 Å². The van der Waals surface area contributed by atoms with Crippen LogP contribution >= 0.6 is 0 Å². The highest BCUT2D eigenvalue weighted by Gasteiger charge is 1.94. The minimum Gasteiger partial charge on any atom is -0.378 e. The average molecular weight is 203 g/mol. The molecule has 0 saturated carbocycles. The molecule has 0 radical (unpaired) electrons. The fourth-order valence-corrected chi connectivity index (χ4v) is 0.856. The molecule has 1 N–H and O–H groups in total. The van der Waals surface area contributed by atoms with Gasteiger partial charge in [0.2, 0.25) is 0 Å². The summed E-state index contributed by atoms with van der Waals surface area (Å²) in [4.78, 5) is 10.5. The van der Waals surface area contributed by atoms with Gasteiger partial charge in [0.25, 0.3) is 0 Å². The van der Waals surface area contributed by atoms with E-state index in [1.165, 1.54) is 6.92 Å². The van der Waals surface area contributed by atoms with Gasteiger partial charge in [-0.05, 0) is 6.92 Å². The number of ketones is 1. The van der Waals surface area contributed by atoms with Crippen LogP contribution in [0.3, 0.4) is 0 Å². The number of nitrogens with one attached hydrogen (secondary N) is 1. The van der Waals surface area contributed by atoms with Crippen LogP contribution in [0.1, 0.15) is 20.8 Å². The van der Waals surface area contributed by atoms with Crippen molar-refractivity contribution < 1.29 is 14.3 Å². The van der Waals surface area contributed by atoms with Gasteiger partial charge >= 0.3 is 0 Å². The van der Waals surface area contributed by atoms with Gasteiger partial charge in [-0.2, -0.15) is 0 Å². The quantitative estimate of drug-likeness (QED) is 0.558. The summed E-state index contributed by atoms with van der Waals surface area (Å²) in [5, 5.41) is 3.23. The van der Waals surface area contributed by atoms with Crippen molar-refractivity contribution in [2.45, 2.75) is 26.8 Å². The maximum Gasteiger partial charge on any atom is 0.155 e. The predicted octanol–water partition coefficient (Wildman–Crippen LogP) is 0.607. The monoisotopic (exact) mass is 203 g/mol. The van der Waals surface area contributed by atoms with Crippen molar-refractivity contribution in [1.82, 2.24) is 5.32 Å². The number of carbonyl (C=O) groups is 1. The van der Waals surface area contributed by atoms with Crippen LogP contribution in [0.15, 0.2) is 0 Å². The van der Waals surface area contributed by atoms with Gasteiger partial charge in [0.15, 0.2) is 5.78 Å². The Bertz CT molecular complexity index is 148. The lowest BCUT2D eigenvalue weighted by Gasteiger charge is -2.08. The van der Waals surface area contributed by atoms with E-state index in [0.717, 1.165) is 6.54 Å². The second kappa shape index (κ2) is 9.12. The van der Waals surface area contributed by atoms with Gasteiger partial charge in [-0.3, -0.25) is 4.79 Å². The fourth-order valence-electron chi connectivity index (χ4n) is 0.856. The Kier molecular flexibility index (Phi) is 8.83. The van der Waals surface area contributed by atoms with Crippen molar-refractivity contribution in [3.63, 3.8) is 0 Å². The first kappa shape index (κ1) is 13.5. The summed E-state index contributed by atoms with van der Waals surface area (Å²) in [7, 11) is 0. The van der Waals surface area contributed by atoms with Crippen LogP contribution < -0.4 is 5.32 Å². The molecular formula is C10H21NO3. The molecule has 0 unspecified atom stereocenters. The fraction of sp³-hybridized carbons (Fsp3) is 0.900. The van der Waals surface area contributed by atoms with Gasteiger partial charge < -0.3 is 14.8 Å². The largest absolute Gasteiger partial charge is 0.378 e. The van der Waals surface area contributed by atoms with Crippen LogP contribution in [0.4, 0.5) is 0 Å². The maximum atomic E-state index is 10.5. The number of rotatable bonds is 9. The third-order valence-corrected chi connectivity index (χ3v) is 1.48. The molecule has 0 atom stereocenters. The molecule has 0 aromatic heterocycles. The van der Waals surface area contributed by atoms with Gasteiger partial charge in [0.1, 0.15) is 6.61 Å². The van der Waals surface area contributed by atoms with Gasteiger partial charge in [-0.25, -0.2) is 0 Å². The molecule has 0 saturated heterocycles. The lowest BCUT2D eigenvalue weighted by molar-refractivity contribution is -0.121. The lowest BCUT2D eigenvalue weighted by atomic mass is 10.4. The average Bonchev–Trinajstić information content (AvgIpc) is 2.08. The molecule has 0 amide bonds. The van der Waals surface area contributed by atoms with Crippen molar-refractivity contribution in [3.8, 4) is 0 Å². The zero-order chi connectivity index (χ0) is 10.8. The molecule has 0 aromatic carbocycles. The highest BCUT2D eigenvalue weighted by molar-refractivity contribution is 5.76. The molecule has 0 bridgehead atoms. The summed E-state index contributed by atoms with van der Waals surface area (Å²) in [6.07, 6.45) is 0. The molecule has 0 spiro atoms. The summed E-state index contributed by atoms with van der Waals surface area (Å²) in [5.41, 5.74) is 0. The Labute approximate surface area is 86.0 Å². The number of hydrogen-bond acceptors (Lipinski definition) is 4. The van der Waals surface area contributed by atoms with Crippen molar-refractivity contribution in [2.24, 2.45) is 0 Å². The molecule has 4 nitrogen and oxygen atoms in total. The predicted molar refractivity (Wildman–Crippen MR) is 55.5 cm³/mol. The number of hydrogen-bond donors (Lipinski definition) is 1. The van der Waals surface area contributed by atoms with E-state index in [0.29, 0.717) is 25.9 Å². The molecule has 0 rings (SSSR count). The first-order chi connectivity index (χ1) is 6.63. The van der Waals surface area contributed by atoms with Crippen molar-refractivity contribution in [1.29, 1.82) is 0 Å². The lowest BCUT2D eigenvalue weighted by Crippen LogP contribution is -2.27. The van der Waals surface area contributed by atoms with Crippen LogP contribution in [-0.2, 0) is 14.3 Å². The standard InChI is InChI=1S/C10H21NO3/c1-9(2)11-4-5-13-6-7-14-8-10(3)12/h9,11H,4-8H2,1-3H3. The van der Waals surface area contributed by atoms with Crippen LogP contribution in [0.2, 0.25) is 0 Å². The molecule has 0 aromatic rings. The van der Waals surface area contributed by atoms with Crippen LogP contribution in [0, 0.1) is 0 Å². The SMILES string of the molecule is CC(=O)COCCOCCNC(C)C. The third kappa shape index (κ3) is 11.6. The number of Topliss-reactive ketones (excluding diaryl/α,β-unsaturated/α-hetero) is 1. The van der Waals surface area contributed by atoms with E-state index < -0.39 is 0 Å². The topological polar surface area (TPSA) is 47.6 Å². The molecule has 0 aliphatic heterocycles. The summed E-state index contributed by atoms with van der Waals surface area (Å²) in [5.74, 6) is 0.0477. The molecule has 0 heterocycles. The Morgan fingerprint density at radius 1 is 1.21 bits per heavy atom. The van der Waals surface area contributed by atoms with E-state index in [-0.39, 0.29) is 12.4 Å². The molecule has 14 heavy (non-hydrogen) atoms. The van der Waals surface area contributed by atoms with E-state index in [1.54, 1.807) is 0 Å². The summed E-state index contributed by atoms with van der Waals surface area (Å²) in [6.45, 7) is 8.45. The normalized spacial score (nSPS) is 10.9. The summed E-state index contributed by atoms with van der Waals surface area (Å²) < 4.78 is 10.3. The summed E-state index contributed by atoms with van der Waals surface area (Å²) in [6, 6.07) is 0.493. The molecule has 0 aliphatic rings. The Morgan fingerprint density at radius 3 is 2.43 bits per heavy atom. The molecule has 4 heteroatoms. The first-order valence-corrected chi connectivity index (χ1v) is 5.01. The van der Waals surface area contributed by atoms with Crippen molar-refractivity contribution >= 4 is 5.78 Å². The second-order valence-corrected chi connectivity index (χ2v) is 3.48. The zero-order valence-electron chi connectivity index (χ0n) is 9.34. The highest BCUT2D eigenvalue weighted by Crippen LogP contribution is 1.80. The molecule has 0 fully saturated rings. The van der Waals surface area contributed by atoms with Crippen LogP contribution in [0.5, 0.6) is 0 Å². The van der Waals surface area contributed by atoms with Gasteiger partial charge in [0, 0.05) is 12.6 Å².